The summed E-state index contributed by atoms with van der Waals surface area (Å²) in [4.78, 5) is 52.7. The zero-order valence-corrected chi connectivity index (χ0v) is 20.1. The molecule has 0 spiro atoms. The van der Waals surface area contributed by atoms with Crippen molar-refractivity contribution in [1.82, 2.24) is 20.9 Å². The van der Waals surface area contributed by atoms with Crippen LogP contribution < -0.4 is 21.7 Å². The number of carbonyl (C=O) groups excluding carboxylic acids is 3. The SMILES string of the molecule is CC(C)CC(NC(=O)CN)C(=O)NC(C(=O)NC(Cc1c[nH]c2ccccc12)C(=O)O)C(C)C. The van der Waals surface area contributed by atoms with E-state index in [1.807, 2.05) is 38.1 Å². The number of benzene rings is 1. The minimum atomic E-state index is -1.19. The summed E-state index contributed by atoms with van der Waals surface area (Å²) < 4.78 is 0. The monoisotopic (exact) mass is 473 g/mol. The van der Waals surface area contributed by atoms with Gasteiger partial charge in [-0.15, -0.1) is 0 Å². The molecule has 1 aromatic carbocycles. The number of carboxylic acids is 1. The summed E-state index contributed by atoms with van der Waals surface area (Å²) >= 11 is 0. The first-order valence-electron chi connectivity index (χ1n) is 11.4. The van der Waals surface area contributed by atoms with Crippen molar-refractivity contribution in [3.63, 3.8) is 0 Å². The van der Waals surface area contributed by atoms with E-state index in [0.717, 1.165) is 16.5 Å². The van der Waals surface area contributed by atoms with Gasteiger partial charge < -0.3 is 31.8 Å². The summed E-state index contributed by atoms with van der Waals surface area (Å²) in [6.07, 6.45) is 2.17. The van der Waals surface area contributed by atoms with Gasteiger partial charge in [0.1, 0.15) is 18.1 Å². The number of nitrogens with two attached hydrogens (primary N) is 1. The molecule has 0 saturated carbocycles. The maximum Gasteiger partial charge on any atom is 0.326 e. The number of hydrogen-bond donors (Lipinski definition) is 6. The van der Waals surface area contributed by atoms with Gasteiger partial charge in [0, 0.05) is 23.5 Å². The van der Waals surface area contributed by atoms with Crippen molar-refractivity contribution in [3.05, 3.63) is 36.0 Å². The molecule has 0 aliphatic carbocycles. The summed E-state index contributed by atoms with van der Waals surface area (Å²) in [5, 5.41) is 18.4. The van der Waals surface area contributed by atoms with Crippen LogP contribution in [0.1, 0.15) is 39.7 Å². The molecule has 0 saturated heterocycles. The Morgan fingerprint density at radius 1 is 0.971 bits per heavy atom. The molecule has 10 nitrogen and oxygen atoms in total. The third kappa shape index (κ3) is 7.31. The molecule has 2 rings (SSSR count). The molecule has 3 atom stereocenters. The Morgan fingerprint density at radius 3 is 2.24 bits per heavy atom. The van der Waals surface area contributed by atoms with E-state index in [4.69, 9.17) is 5.73 Å². The van der Waals surface area contributed by atoms with Gasteiger partial charge in [-0.3, -0.25) is 14.4 Å². The number of carbonyl (C=O) groups is 4. The first kappa shape index (κ1) is 26.8. The molecule has 10 heteroatoms. The summed E-state index contributed by atoms with van der Waals surface area (Å²) in [7, 11) is 0. The number of nitrogens with one attached hydrogen (secondary N) is 4. The maximum absolute atomic E-state index is 13.0. The molecule has 2 aromatic rings. The number of carboxylic acid groups (broad SMARTS) is 1. The molecular formula is C24H35N5O5. The van der Waals surface area contributed by atoms with Gasteiger partial charge in [0.15, 0.2) is 0 Å². The Balaban J connectivity index is 2.15. The van der Waals surface area contributed by atoms with E-state index in [1.165, 1.54) is 0 Å². The Kier molecular flexibility index (Phi) is 9.61. The van der Waals surface area contributed by atoms with Gasteiger partial charge >= 0.3 is 5.97 Å². The first-order chi connectivity index (χ1) is 16.0. The third-order valence-electron chi connectivity index (χ3n) is 5.50. The molecule has 3 unspecified atom stereocenters. The van der Waals surface area contributed by atoms with E-state index in [2.05, 4.69) is 20.9 Å². The van der Waals surface area contributed by atoms with Crippen molar-refractivity contribution in [2.24, 2.45) is 17.6 Å². The van der Waals surface area contributed by atoms with Gasteiger partial charge in [0.2, 0.25) is 17.7 Å². The van der Waals surface area contributed by atoms with Crippen LogP contribution in [0.4, 0.5) is 0 Å². The van der Waals surface area contributed by atoms with E-state index >= 15 is 0 Å². The lowest BCUT2D eigenvalue weighted by atomic mass is 9.99. The van der Waals surface area contributed by atoms with Crippen LogP contribution >= 0.6 is 0 Å². The maximum atomic E-state index is 13.0. The van der Waals surface area contributed by atoms with Gasteiger partial charge in [0.05, 0.1) is 6.54 Å². The molecule has 7 N–H and O–H groups in total. The molecule has 186 valence electrons. The van der Waals surface area contributed by atoms with Crippen molar-refractivity contribution in [3.8, 4) is 0 Å². The molecule has 3 amide bonds. The Bertz CT molecular complexity index is 1020. The van der Waals surface area contributed by atoms with Gasteiger partial charge in [-0.05, 0) is 29.9 Å². The van der Waals surface area contributed by atoms with Gasteiger partial charge in [-0.1, -0.05) is 45.9 Å². The number of amides is 3. The predicted octanol–water partition coefficient (Wildman–Crippen LogP) is 0.910. The highest BCUT2D eigenvalue weighted by Crippen LogP contribution is 2.19. The second-order valence-electron chi connectivity index (χ2n) is 9.15. The average molecular weight is 474 g/mol. The number of fused-ring (bicyclic) bond motifs is 1. The first-order valence-corrected chi connectivity index (χ1v) is 11.4. The zero-order valence-electron chi connectivity index (χ0n) is 20.1. The largest absolute Gasteiger partial charge is 0.480 e. The zero-order chi connectivity index (χ0) is 25.4. The summed E-state index contributed by atoms with van der Waals surface area (Å²) in [6.45, 7) is 7.04. The highest BCUT2D eigenvalue weighted by Gasteiger charge is 2.31. The number of para-hydroxylation sites is 1. The van der Waals surface area contributed by atoms with E-state index in [0.29, 0.717) is 6.42 Å². The summed E-state index contributed by atoms with van der Waals surface area (Å²) in [5.74, 6) is -3.00. The van der Waals surface area contributed by atoms with Crippen molar-refractivity contribution in [1.29, 1.82) is 0 Å². The second-order valence-corrected chi connectivity index (χ2v) is 9.15. The van der Waals surface area contributed by atoms with Crippen molar-refractivity contribution in [2.75, 3.05) is 6.54 Å². The number of aromatic amines is 1. The Hall–Kier alpha value is -3.40. The van der Waals surface area contributed by atoms with Gasteiger partial charge in [-0.25, -0.2) is 4.79 Å². The van der Waals surface area contributed by atoms with Crippen LogP contribution in [0.5, 0.6) is 0 Å². The lowest BCUT2D eigenvalue weighted by Gasteiger charge is -2.27. The standard InChI is InChI=1S/C24H35N5O5/c1-13(2)9-18(27-20(30)11-25)22(31)29-21(14(3)4)23(32)28-19(24(33)34)10-15-12-26-17-8-6-5-7-16(15)17/h5-8,12-14,18-19,21,26H,9-11,25H2,1-4H3,(H,27,30)(H,28,32)(H,29,31)(H,33,34). The molecule has 1 aromatic heterocycles. The predicted molar refractivity (Wildman–Crippen MR) is 129 cm³/mol. The van der Waals surface area contributed by atoms with Crippen LogP contribution in [0.15, 0.2) is 30.5 Å². The minimum absolute atomic E-state index is 0.0758. The van der Waals surface area contributed by atoms with E-state index < -0.39 is 41.8 Å². The van der Waals surface area contributed by atoms with Crippen LogP contribution in [-0.4, -0.2) is 58.5 Å². The second kappa shape index (κ2) is 12.2. The Morgan fingerprint density at radius 2 is 1.65 bits per heavy atom. The molecular weight excluding hydrogens is 438 g/mol. The fourth-order valence-corrected chi connectivity index (χ4v) is 3.73. The topological polar surface area (TPSA) is 166 Å². The molecule has 0 aliphatic heterocycles. The van der Waals surface area contributed by atoms with Crippen LogP contribution in [0.25, 0.3) is 10.9 Å². The third-order valence-corrected chi connectivity index (χ3v) is 5.50. The van der Waals surface area contributed by atoms with Crippen molar-refractivity contribution in [2.45, 2.75) is 58.7 Å². The van der Waals surface area contributed by atoms with Crippen molar-refractivity contribution >= 4 is 34.6 Å². The van der Waals surface area contributed by atoms with Crippen LogP contribution in [0, 0.1) is 11.8 Å². The number of hydrogen-bond acceptors (Lipinski definition) is 5. The van der Waals surface area contributed by atoms with Crippen LogP contribution in [0.2, 0.25) is 0 Å². The van der Waals surface area contributed by atoms with E-state index in [9.17, 15) is 24.3 Å². The van der Waals surface area contributed by atoms with Crippen LogP contribution in [-0.2, 0) is 25.6 Å². The lowest BCUT2D eigenvalue weighted by molar-refractivity contribution is -0.142. The average Bonchev–Trinajstić information content (AvgIpc) is 3.18. The van der Waals surface area contributed by atoms with E-state index in [1.54, 1.807) is 20.0 Å². The fraction of sp³-hybridized carbons (Fsp3) is 0.500. The number of aliphatic carboxylic acids is 1. The quantitative estimate of drug-likeness (QED) is 0.268. The molecule has 1 heterocycles. The van der Waals surface area contributed by atoms with Crippen LogP contribution in [0.3, 0.4) is 0 Å². The molecule has 0 aliphatic rings. The van der Waals surface area contributed by atoms with Gasteiger partial charge in [-0.2, -0.15) is 0 Å². The molecule has 34 heavy (non-hydrogen) atoms. The number of rotatable bonds is 12. The highest BCUT2D eigenvalue weighted by atomic mass is 16.4. The van der Waals surface area contributed by atoms with Crippen molar-refractivity contribution < 1.29 is 24.3 Å². The Labute approximate surface area is 199 Å². The molecule has 0 radical (unpaired) electrons. The number of aromatic nitrogens is 1. The summed E-state index contributed by atoms with van der Waals surface area (Å²) in [6, 6.07) is 4.46. The lowest BCUT2D eigenvalue weighted by Crippen LogP contribution is -2.58. The van der Waals surface area contributed by atoms with E-state index in [-0.39, 0.29) is 24.8 Å². The highest BCUT2D eigenvalue weighted by molar-refractivity contribution is 5.94. The molecule has 0 fully saturated rings. The summed E-state index contributed by atoms with van der Waals surface area (Å²) in [5.41, 5.74) is 6.99. The normalized spacial score (nSPS) is 14.0. The smallest absolute Gasteiger partial charge is 0.326 e. The molecule has 0 bridgehead atoms. The fourth-order valence-electron chi connectivity index (χ4n) is 3.73. The number of H-pyrrole nitrogens is 1. The van der Waals surface area contributed by atoms with Gasteiger partial charge in [0.25, 0.3) is 0 Å². The minimum Gasteiger partial charge on any atom is -0.480 e.